The molecule has 0 saturated heterocycles. The van der Waals surface area contributed by atoms with Gasteiger partial charge in [0.1, 0.15) is 0 Å². The maximum absolute atomic E-state index is 10.5. The number of hydrogen-bond donors (Lipinski definition) is 1. The molecule has 0 aromatic carbocycles. The molecule has 2 heteroatoms. The molecule has 0 rings (SSSR count). The molecule has 0 heterocycles. The van der Waals surface area contributed by atoms with Gasteiger partial charge in [-0.1, -0.05) is 6.92 Å². The normalized spacial score (nSPS) is 14.9. The summed E-state index contributed by atoms with van der Waals surface area (Å²) in [6.07, 6.45) is 4.47. The van der Waals surface area contributed by atoms with Crippen molar-refractivity contribution in [3.05, 3.63) is 17.5 Å². The van der Waals surface area contributed by atoms with E-state index in [1.54, 1.807) is 6.20 Å². The van der Waals surface area contributed by atoms with Gasteiger partial charge in [0.15, 0.2) is 0 Å². The van der Waals surface area contributed by atoms with Gasteiger partial charge in [-0.25, -0.2) is 0 Å². The van der Waals surface area contributed by atoms with Crippen LogP contribution >= 0.6 is 0 Å². The molecule has 0 aromatic rings. The Labute approximate surface area is 50.4 Å². The lowest BCUT2D eigenvalue weighted by molar-refractivity contribution is -0.788. The first kappa shape index (κ1) is 7.66. The summed E-state index contributed by atoms with van der Waals surface area (Å²) in [7, 11) is 0. The van der Waals surface area contributed by atoms with Crippen molar-refractivity contribution >= 4 is 0 Å². The van der Waals surface area contributed by atoms with Crippen molar-refractivity contribution < 1.29 is 5.06 Å². The maximum Gasteiger partial charge on any atom is 0.0901 e. The zero-order valence-electron chi connectivity index (χ0n) is 5.48. The molecule has 0 amide bonds. The van der Waals surface area contributed by atoms with Crippen LogP contribution in [-0.4, -0.2) is 6.54 Å². The van der Waals surface area contributed by atoms with Gasteiger partial charge in [0.05, 0.1) is 12.7 Å². The van der Waals surface area contributed by atoms with Crippen LogP contribution < -0.4 is 5.06 Å². The van der Waals surface area contributed by atoms with Crippen LogP contribution in [0, 0.1) is 5.21 Å². The predicted octanol–water partition coefficient (Wildman–Crippen LogP) is 0.313. The lowest BCUT2D eigenvalue weighted by Crippen LogP contribution is -3.01. The van der Waals surface area contributed by atoms with Crippen molar-refractivity contribution in [2.24, 2.45) is 0 Å². The van der Waals surface area contributed by atoms with Crippen LogP contribution in [0.2, 0.25) is 0 Å². The van der Waals surface area contributed by atoms with E-state index in [0.29, 0.717) is 6.54 Å². The second-order valence-electron chi connectivity index (χ2n) is 1.63. The molecule has 0 aliphatic rings. The van der Waals surface area contributed by atoms with Crippen LogP contribution in [0.15, 0.2) is 12.3 Å². The van der Waals surface area contributed by atoms with Crippen LogP contribution in [0.1, 0.15) is 20.3 Å². The molecular weight excluding hydrogens is 102 g/mol. The van der Waals surface area contributed by atoms with Crippen molar-refractivity contribution in [3.8, 4) is 0 Å². The quantitative estimate of drug-likeness (QED) is 0.527. The predicted molar refractivity (Wildman–Crippen MR) is 34.3 cm³/mol. The highest BCUT2D eigenvalue weighted by Gasteiger charge is 1.78. The first-order chi connectivity index (χ1) is 3.81. The minimum absolute atomic E-state index is 0.215. The highest BCUT2D eigenvalue weighted by Crippen LogP contribution is 1.70. The van der Waals surface area contributed by atoms with Gasteiger partial charge in [0.25, 0.3) is 0 Å². The van der Waals surface area contributed by atoms with Gasteiger partial charge in [0.2, 0.25) is 0 Å². The number of quaternary nitrogens is 1. The van der Waals surface area contributed by atoms with Crippen LogP contribution in [0.25, 0.3) is 0 Å². The Morgan fingerprint density at radius 3 is 2.50 bits per heavy atom. The molecule has 0 spiro atoms. The fourth-order valence-electron chi connectivity index (χ4n) is 0.367. The Kier molecular flexibility index (Phi) is 4.61. The monoisotopic (exact) mass is 115 g/mol. The lowest BCUT2D eigenvalue weighted by atomic mass is 10.5. The SMILES string of the molecule is CC/C=C\[NH+]([O-])CC. The third kappa shape index (κ3) is 3.84. The van der Waals surface area contributed by atoms with Gasteiger partial charge >= 0.3 is 0 Å². The molecule has 0 aliphatic carbocycles. The van der Waals surface area contributed by atoms with E-state index in [-0.39, 0.29) is 5.06 Å². The molecule has 48 valence electrons. The molecule has 0 aromatic heterocycles. The van der Waals surface area contributed by atoms with Crippen molar-refractivity contribution in [2.75, 3.05) is 6.54 Å². The lowest BCUT2D eigenvalue weighted by Gasteiger charge is -2.13. The van der Waals surface area contributed by atoms with Crippen LogP contribution in [0.5, 0.6) is 0 Å². The molecule has 0 radical (unpaired) electrons. The van der Waals surface area contributed by atoms with Crippen molar-refractivity contribution in [1.29, 1.82) is 0 Å². The van der Waals surface area contributed by atoms with Crippen LogP contribution in [0.3, 0.4) is 0 Å². The van der Waals surface area contributed by atoms with Gasteiger partial charge in [-0.2, -0.15) is 0 Å². The number of allylic oxidation sites excluding steroid dienone is 1. The first-order valence-electron chi connectivity index (χ1n) is 3.00. The van der Waals surface area contributed by atoms with Crippen molar-refractivity contribution in [1.82, 2.24) is 0 Å². The molecule has 0 bridgehead atoms. The van der Waals surface area contributed by atoms with Gasteiger partial charge in [-0.05, 0) is 19.4 Å². The summed E-state index contributed by atoms with van der Waals surface area (Å²) in [5.41, 5.74) is 0. The Morgan fingerprint density at radius 2 is 2.12 bits per heavy atom. The highest BCUT2D eigenvalue weighted by molar-refractivity contribution is 4.68. The van der Waals surface area contributed by atoms with Gasteiger partial charge in [-0.15, -0.1) is 0 Å². The minimum Gasteiger partial charge on any atom is -0.629 e. The maximum atomic E-state index is 10.5. The molecule has 8 heavy (non-hydrogen) atoms. The average Bonchev–Trinajstić information content (AvgIpc) is 1.83. The minimum atomic E-state index is 0.215. The van der Waals surface area contributed by atoms with E-state index < -0.39 is 0 Å². The van der Waals surface area contributed by atoms with Crippen LogP contribution in [-0.2, 0) is 0 Å². The molecule has 0 saturated carbocycles. The van der Waals surface area contributed by atoms with E-state index in [1.807, 2.05) is 19.9 Å². The molecule has 2 nitrogen and oxygen atoms in total. The molecular formula is C6H13NO. The smallest absolute Gasteiger partial charge is 0.0901 e. The molecule has 1 atom stereocenters. The summed E-state index contributed by atoms with van der Waals surface area (Å²) in [6, 6.07) is 0. The summed E-state index contributed by atoms with van der Waals surface area (Å²) in [6.45, 7) is 4.50. The van der Waals surface area contributed by atoms with Crippen molar-refractivity contribution in [2.45, 2.75) is 20.3 Å². The zero-order chi connectivity index (χ0) is 6.41. The van der Waals surface area contributed by atoms with E-state index in [1.165, 1.54) is 0 Å². The second-order valence-corrected chi connectivity index (χ2v) is 1.63. The van der Waals surface area contributed by atoms with Crippen molar-refractivity contribution in [3.63, 3.8) is 0 Å². The highest BCUT2D eigenvalue weighted by atomic mass is 16.5. The van der Waals surface area contributed by atoms with E-state index >= 15 is 0 Å². The average molecular weight is 115 g/mol. The number of nitrogens with one attached hydrogen (secondary N) is 1. The molecule has 0 fully saturated rings. The number of hydrogen-bond acceptors (Lipinski definition) is 1. The van der Waals surface area contributed by atoms with E-state index in [2.05, 4.69) is 0 Å². The number of rotatable bonds is 3. The van der Waals surface area contributed by atoms with Crippen LogP contribution in [0.4, 0.5) is 0 Å². The first-order valence-corrected chi connectivity index (χ1v) is 3.00. The van der Waals surface area contributed by atoms with Gasteiger partial charge in [-0.3, -0.25) is 0 Å². The Bertz CT molecular complexity index is 70.9. The summed E-state index contributed by atoms with van der Waals surface area (Å²) in [5.74, 6) is 0. The largest absolute Gasteiger partial charge is 0.629 e. The Morgan fingerprint density at radius 1 is 1.50 bits per heavy atom. The third-order valence-electron chi connectivity index (χ3n) is 0.888. The fraction of sp³-hybridized carbons (Fsp3) is 0.667. The summed E-state index contributed by atoms with van der Waals surface area (Å²) in [4.78, 5) is 0. The second kappa shape index (κ2) is 4.81. The third-order valence-corrected chi connectivity index (χ3v) is 0.888. The van der Waals surface area contributed by atoms with Gasteiger partial charge < -0.3 is 10.3 Å². The number of hydroxylamine groups is 2. The summed E-state index contributed by atoms with van der Waals surface area (Å²) >= 11 is 0. The molecule has 0 aliphatic heterocycles. The Balaban J connectivity index is 3.21. The Hall–Kier alpha value is -0.340. The molecule has 1 N–H and O–H groups in total. The summed E-state index contributed by atoms with van der Waals surface area (Å²) in [5, 5.41) is 10.7. The topological polar surface area (TPSA) is 27.5 Å². The summed E-state index contributed by atoms with van der Waals surface area (Å²) < 4.78 is 0. The van der Waals surface area contributed by atoms with E-state index in [0.717, 1.165) is 6.42 Å². The fourth-order valence-corrected chi connectivity index (χ4v) is 0.367. The van der Waals surface area contributed by atoms with Gasteiger partial charge in [0, 0.05) is 0 Å². The standard InChI is InChI=1S/C6H13NO/c1-3-5-6-7(8)4-2/h5-7H,3-4H2,1-2H3/b6-5-. The molecule has 1 unspecified atom stereocenters. The zero-order valence-corrected chi connectivity index (χ0v) is 5.48. The van der Waals surface area contributed by atoms with E-state index in [9.17, 15) is 5.21 Å². The van der Waals surface area contributed by atoms with E-state index in [4.69, 9.17) is 0 Å².